The SMILES string of the molecule is Cn1c(CSc2nc3ncnc(N)c3[nH]2)nc2ccccc21. The number of nitrogens with zero attached hydrogens (tertiary/aromatic N) is 5. The quantitative estimate of drug-likeness (QED) is 0.562. The molecule has 22 heavy (non-hydrogen) atoms. The Bertz CT molecular complexity index is 972. The van der Waals surface area contributed by atoms with Crippen LogP contribution in [-0.4, -0.2) is 29.5 Å². The zero-order valence-electron chi connectivity index (χ0n) is 11.8. The van der Waals surface area contributed by atoms with E-state index in [0.717, 1.165) is 22.0 Å². The summed E-state index contributed by atoms with van der Waals surface area (Å²) >= 11 is 1.56. The van der Waals surface area contributed by atoms with E-state index in [1.165, 1.54) is 6.33 Å². The molecule has 0 aliphatic heterocycles. The first-order valence-corrected chi connectivity index (χ1v) is 7.70. The minimum Gasteiger partial charge on any atom is -0.382 e. The smallest absolute Gasteiger partial charge is 0.183 e. The molecule has 0 radical (unpaired) electrons. The number of aromatic nitrogens is 6. The summed E-state index contributed by atoms with van der Waals surface area (Å²) in [6, 6.07) is 8.09. The van der Waals surface area contributed by atoms with Gasteiger partial charge in [-0.25, -0.2) is 19.9 Å². The van der Waals surface area contributed by atoms with Crippen LogP contribution in [0.5, 0.6) is 0 Å². The molecule has 0 aliphatic carbocycles. The molecule has 1 aromatic carbocycles. The molecule has 110 valence electrons. The van der Waals surface area contributed by atoms with Crippen LogP contribution in [0.3, 0.4) is 0 Å². The van der Waals surface area contributed by atoms with Gasteiger partial charge in [-0.3, -0.25) is 0 Å². The average Bonchev–Trinajstić information content (AvgIpc) is 3.08. The molecule has 0 saturated heterocycles. The molecule has 7 nitrogen and oxygen atoms in total. The summed E-state index contributed by atoms with van der Waals surface area (Å²) in [5.74, 6) is 2.11. The Hall–Kier alpha value is -2.61. The first-order valence-electron chi connectivity index (χ1n) is 6.71. The van der Waals surface area contributed by atoms with Crippen molar-refractivity contribution < 1.29 is 0 Å². The predicted octanol–water partition coefficient (Wildman–Crippen LogP) is 2.11. The van der Waals surface area contributed by atoms with Gasteiger partial charge in [0.05, 0.1) is 16.8 Å². The molecule has 0 aliphatic rings. The fourth-order valence-electron chi connectivity index (χ4n) is 2.35. The van der Waals surface area contributed by atoms with Gasteiger partial charge in [0, 0.05) is 7.05 Å². The molecule has 3 heterocycles. The minimum atomic E-state index is 0.409. The highest BCUT2D eigenvalue weighted by molar-refractivity contribution is 7.98. The van der Waals surface area contributed by atoms with Gasteiger partial charge in [0.25, 0.3) is 0 Å². The minimum absolute atomic E-state index is 0.409. The summed E-state index contributed by atoms with van der Waals surface area (Å²) in [7, 11) is 2.02. The standard InChI is InChI=1S/C14H13N7S/c1-21-9-5-3-2-4-8(9)18-10(21)6-22-14-19-11-12(15)16-7-17-13(11)20-14/h2-5,7H,6H2,1H3,(H3,15,16,17,19,20). The lowest BCUT2D eigenvalue weighted by molar-refractivity contribution is 0.874. The van der Waals surface area contributed by atoms with Gasteiger partial charge in [0.1, 0.15) is 17.7 Å². The molecule has 0 amide bonds. The topological polar surface area (TPSA) is 98.3 Å². The second-order valence-corrected chi connectivity index (χ2v) is 5.83. The number of H-pyrrole nitrogens is 1. The number of hydrogen-bond acceptors (Lipinski definition) is 6. The van der Waals surface area contributed by atoms with Crippen LogP contribution in [-0.2, 0) is 12.8 Å². The summed E-state index contributed by atoms with van der Waals surface area (Å²) in [6.45, 7) is 0. The Kier molecular flexibility index (Phi) is 2.97. The van der Waals surface area contributed by atoms with Crippen LogP contribution < -0.4 is 5.73 Å². The third-order valence-electron chi connectivity index (χ3n) is 3.51. The number of rotatable bonds is 3. The van der Waals surface area contributed by atoms with Crippen LogP contribution in [0, 0.1) is 0 Å². The van der Waals surface area contributed by atoms with E-state index in [9.17, 15) is 0 Å². The summed E-state index contributed by atoms with van der Waals surface area (Å²) in [6.07, 6.45) is 1.42. The lowest BCUT2D eigenvalue weighted by atomic mass is 10.3. The van der Waals surface area contributed by atoms with E-state index in [4.69, 9.17) is 5.73 Å². The van der Waals surface area contributed by atoms with Crippen LogP contribution in [0.2, 0.25) is 0 Å². The Balaban J connectivity index is 1.62. The summed E-state index contributed by atoms with van der Waals surface area (Å²) in [5, 5.41) is 0.759. The Labute approximate surface area is 130 Å². The number of benzene rings is 1. The van der Waals surface area contributed by atoms with Crippen LogP contribution in [0.1, 0.15) is 5.82 Å². The molecular formula is C14H13N7S. The van der Waals surface area contributed by atoms with Gasteiger partial charge in [-0.2, -0.15) is 0 Å². The Morgan fingerprint density at radius 1 is 1.23 bits per heavy atom. The first kappa shape index (κ1) is 13.1. The number of hydrogen-bond donors (Lipinski definition) is 2. The molecule has 3 N–H and O–H groups in total. The number of para-hydroxylation sites is 2. The molecule has 4 aromatic rings. The monoisotopic (exact) mass is 311 g/mol. The normalized spacial score (nSPS) is 11.5. The number of anilines is 1. The van der Waals surface area contributed by atoms with E-state index in [-0.39, 0.29) is 0 Å². The number of imidazole rings is 2. The van der Waals surface area contributed by atoms with Gasteiger partial charge in [-0.15, -0.1) is 0 Å². The molecule has 3 aromatic heterocycles. The van der Waals surface area contributed by atoms with Crippen molar-refractivity contribution in [2.45, 2.75) is 10.9 Å². The number of aromatic amines is 1. The molecule has 0 saturated carbocycles. The van der Waals surface area contributed by atoms with Gasteiger partial charge in [-0.05, 0) is 12.1 Å². The van der Waals surface area contributed by atoms with Gasteiger partial charge >= 0.3 is 0 Å². The number of nitrogen functional groups attached to an aromatic ring is 1. The van der Waals surface area contributed by atoms with Crippen molar-refractivity contribution in [3.05, 3.63) is 36.4 Å². The summed E-state index contributed by atoms with van der Waals surface area (Å²) < 4.78 is 2.10. The maximum Gasteiger partial charge on any atom is 0.183 e. The average molecular weight is 311 g/mol. The van der Waals surface area contributed by atoms with Crippen LogP contribution in [0.15, 0.2) is 35.7 Å². The summed E-state index contributed by atoms with van der Waals surface area (Å²) in [4.78, 5) is 20.3. The zero-order chi connectivity index (χ0) is 15.1. The van der Waals surface area contributed by atoms with Crippen LogP contribution in [0.25, 0.3) is 22.2 Å². The van der Waals surface area contributed by atoms with Crippen LogP contribution in [0.4, 0.5) is 5.82 Å². The molecule has 0 unspecified atom stereocenters. The van der Waals surface area contributed by atoms with Crippen molar-refractivity contribution in [2.24, 2.45) is 7.05 Å². The maximum absolute atomic E-state index is 5.80. The Morgan fingerprint density at radius 3 is 2.91 bits per heavy atom. The van der Waals surface area contributed by atoms with Gasteiger partial charge in [-0.1, -0.05) is 23.9 Å². The van der Waals surface area contributed by atoms with E-state index >= 15 is 0 Å². The van der Waals surface area contributed by atoms with Crippen molar-refractivity contribution in [1.82, 2.24) is 29.5 Å². The van der Waals surface area contributed by atoms with E-state index in [1.54, 1.807) is 11.8 Å². The Morgan fingerprint density at radius 2 is 2.09 bits per heavy atom. The number of nitrogens with one attached hydrogen (secondary N) is 1. The number of aryl methyl sites for hydroxylation is 1. The van der Waals surface area contributed by atoms with Crippen molar-refractivity contribution in [2.75, 3.05) is 5.73 Å². The molecule has 0 bridgehead atoms. The molecule has 0 fully saturated rings. The number of thioether (sulfide) groups is 1. The molecule has 4 rings (SSSR count). The number of nitrogens with two attached hydrogens (primary N) is 1. The third kappa shape index (κ3) is 2.08. The van der Waals surface area contributed by atoms with E-state index < -0.39 is 0 Å². The van der Waals surface area contributed by atoms with E-state index in [2.05, 4.69) is 35.6 Å². The molecular weight excluding hydrogens is 298 g/mol. The second kappa shape index (κ2) is 4.99. The van der Waals surface area contributed by atoms with Gasteiger partial charge < -0.3 is 15.3 Å². The third-order valence-corrected chi connectivity index (χ3v) is 4.38. The van der Waals surface area contributed by atoms with E-state index in [0.29, 0.717) is 22.7 Å². The van der Waals surface area contributed by atoms with Crippen molar-refractivity contribution in [3.8, 4) is 0 Å². The largest absolute Gasteiger partial charge is 0.382 e. The zero-order valence-corrected chi connectivity index (χ0v) is 12.6. The maximum atomic E-state index is 5.80. The molecule has 0 spiro atoms. The molecule has 0 atom stereocenters. The van der Waals surface area contributed by atoms with Crippen LogP contribution >= 0.6 is 11.8 Å². The second-order valence-electron chi connectivity index (χ2n) is 4.86. The fraction of sp³-hybridized carbons (Fsp3) is 0.143. The van der Waals surface area contributed by atoms with Gasteiger partial charge in [0.2, 0.25) is 0 Å². The lowest BCUT2D eigenvalue weighted by Gasteiger charge is -2.00. The van der Waals surface area contributed by atoms with Crippen molar-refractivity contribution in [1.29, 1.82) is 0 Å². The van der Waals surface area contributed by atoms with Crippen molar-refractivity contribution >= 4 is 39.8 Å². The molecule has 8 heteroatoms. The summed E-state index contributed by atoms with van der Waals surface area (Å²) in [5.41, 5.74) is 9.19. The highest BCUT2D eigenvalue weighted by Gasteiger charge is 2.11. The van der Waals surface area contributed by atoms with Gasteiger partial charge in [0.15, 0.2) is 16.6 Å². The highest BCUT2D eigenvalue weighted by Crippen LogP contribution is 2.25. The predicted molar refractivity (Wildman–Crippen MR) is 86.4 cm³/mol. The van der Waals surface area contributed by atoms with E-state index in [1.807, 2.05) is 25.2 Å². The highest BCUT2D eigenvalue weighted by atomic mass is 32.2. The fourth-order valence-corrected chi connectivity index (χ4v) is 3.20. The van der Waals surface area contributed by atoms with Crippen molar-refractivity contribution in [3.63, 3.8) is 0 Å². The number of fused-ring (bicyclic) bond motifs is 2. The lowest BCUT2D eigenvalue weighted by Crippen LogP contribution is -1.95. The first-order chi connectivity index (χ1) is 10.7.